The Kier molecular flexibility index (Phi) is 10.4. The molecule has 1 atom stereocenters. The van der Waals surface area contributed by atoms with Gasteiger partial charge in [0, 0.05) is 27.4 Å². The molecule has 8 nitrogen and oxygen atoms in total. The number of hydrogen-bond acceptors (Lipinski definition) is 5. The number of aromatic nitrogens is 3. The van der Waals surface area contributed by atoms with Gasteiger partial charge in [0.05, 0.1) is 6.20 Å². The zero-order valence-electron chi connectivity index (χ0n) is 17.2. The number of rotatable bonds is 8. The molecule has 3 heterocycles. The van der Waals surface area contributed by atoms with Crippen LogP contribution in [-0.2, 0) is 11.5 Å². The lowest BCUT2D eigenvalue weighted by Crippen LogP contribution is -2.34. The lowest BCUT2D eigenvalue weighted by molar-refractivity contribution is 0.0899. The van der Waals surface area contributed by atoms with Gasteiger partial charge in [-0.15, -0.1) is 24.8 Å². The van der Waals surface area contributed by atoms with E-state index in [1.165, 1.54) is 0 Å². The summed E-state index contributed by atoms with van der Waals surface area (Å²) in [6, 6.07) is 2.78. The van der Waals surface area contributed by atoms with E-state index >= 15 is 0 Å². The minimum absolute atomic E-state index is 0. The summed E-state index contributed by atoms with van der Waals surface area (Å²) in [5, 5.41) is 8.94. The lowest BCUT2D eigenvalue weighted by atomic mass is 10.1. The Morgan fingerprint density at radius 2 is 2.17 bits per heavy atom. The number of nitrogens with one attached hydrogen (secondary N) is 3. The van der Waals surface area contributed by atoms with Crippen molar-refractivity contribution in [3.05, 3.63) is 18.5 Å². The zero-order valence-corrected chi connectivity index (χ0v) is 19.9. The summed E-state index contributed by atoms with van der Waals surface area (Å²) in [6.45, 7) is 10.9. The Labute approximate surface area is 185 Å². The fourth-order valence-electron chi connectivity index (χ4n) is 2.95. The van der Waals surface area contributed by atoms with Gasteiger partial charge in [0.1, 0.15) is 12.2 Å². The third kappa shape index (κ3) is 8.10. The van der Waals surface area contributed by atoms with Crippen molar-refractivity contribution in [2.45, 2.75) is 38.8 Å². The maximum atomic E-state index is 12.0. The average molecular weight is 463 g/mol. The molecule has 2 amide bonds. The number of carbonyl (C=O) groups is 1. The van der Waals surface area contributed by atoms with E-state index in [1.54, 1.807) is 6.20 Å². The second kappa shape index (κ2) is 11.7. The fraction of sp³-hybridized carbons (Fsp3) is 0.611. The van der Waals surface area contributed by atoms with Crippen molar-refractivity contribution in [2.75, 3.05) is 31.6 Å². The van der Waals surface area contributed by atoms with Crippen LogP contribution < -0.4 is 16.0 Å². The van der Waals surface area contributed by atoms with Crippen LogP contribution in [0.25, 0.3) is 11.2 Å². The number of halogens is 2. The highest BCUT2D eigenvalue weighted by molar-refractivity contribution is 6.76. The summed E-state index contributed by atoms with van der Waals surface area (Å²) < 4.78 is 7.72. The van der Waals surface area contributed by atoms with Crippen LogP contribution in [0.15, 0.2) is 18.5 Å². The summed E-state index contributed by atoms with van der Waals surface area (Å²) in [7, 11) is -1.08. The van der Waals surface area contributed by atoms with Gasteiger partial charge < -0.3 is 19.9 Å². The molecule has 164 valence electrons. The van der Waals surface area contributed by atoms with Crippen LogP contribution in [0.2, 0.25) is 25.7 Å². The molecule has 1 saturated heterocycles. The van der Waals surface area contributed by atoms with E-state index in [1.807, 2.05) is 16.8 Å². The first-order chi connectivity index (χ1) is 12.9. The maximum Gasteiger partial charge on any atom is 0.320 e. The van der Waals surface area contributed by atoms with Gasteiger partial charge in [-0.3, -0.25) is 5.32 Å². The minimum atomic E-state index is -1.08. The van der Waals surface area contributed by atoms with Crippen LogP contribution in [0.5, 0.6) is 0 Å². The zero-order chi connectivity index (χ0) is 19.3. The largest absolute Gasteiger partial charge is 0.361 e. The maximum absolute atomic E-state index is 12.0. The monoisotopic (exact) mass is 462 g/mol. The van der Waals surface area contributed by atoms with Crippen molar-refractivity contribution in [3.8, 4) is 0 Å². The molecule has 0 saturated carbocycles. The van der Waals surface area contributed by atoms with Gasteiger partial charge >= 0.3 is 6.03 Å². The van der Waals surface area contributed by atoms with Gasteiger partial charge in [-0.1, -0.05) is 19.6 Å². The Balaban J connectivity index is 0.00000210. The van der Waals surface area contributed by atoms with Crippen molar-refractivity contribution >= 4 is 55.9 Å². The van der Waals surface area contributed by atoms with Crippen molar-refractivity contribution in [3.63, 3.8) is 0 Å². The van der Waals surface area contributed by atoms with Gasteiger partial charge in [-0.2, -0.15) is 0 Å². The number of fused-ring (bicyclic) bond motifs is 1. The number of nitrogens with zero attached hydrogens (tertiary/aromatic N) is 3. The molecule has 0 bridgehead atoms. The molecule has 0 spiro atoms. The van der Waals surface area contributed by atoms with Crippen molar-refractivity contribution in [1.82, 2.24) is 25.2 Å². The Hall–Kier alpha value is -1.39. The molecular formula is C18H32Cl2N6O2Si. The van der Waals surface area contributed by atoms with Crippen LogP contribution in [0.4, 0.5) is 10.6 Å². The molecule has 0 aliphatic carbocycles. The fourth-order valence-corrected chi connectivity index (χ4v) is 3.71. The molecule has 1 aliphatic heterocycles. The highest BCUT2D eigenvalue weighted by Crippen LogP contribution is 2.15. The first kappa shape index (κ1) is 25.6. The van der Waals surface area contributed by atoms with E-state index in [4.69, 9.17) is 4.74 Å². The summed E-state index contributed by atoms with van der Waals surface area (Å²) in [5.41, 5.74) is 1.49. The van der Waals surface area contributed by atoms with E-state index in [0.717, 1.165) is 43.3 Å². The Morgan fingerprint density at radius 3 is 2.86 bits per heavy atom. The number of ether oxygens (including phenoxy) is 1. The highest BCUT2D eigenvalue weighted by atomic mass is 35.5. The average Bonchev–Trinajstić information content (AvgIpc) is 3.26. The first-order valence-electron chi connectivity index (χ1n) is 9.56. The number of hydrogen-bond donors (Lipinski definition) is 3. The molecule has 2 aromatic heterocycles. The molecular weight excluding hydrogens is 431 g/mol. The van der Waals surface area contributed by atoms with Crippen molar-refractivity contribution in [2.24, 2.45) is 5.92 Å². The number of anilines is 1. The number of carbonyl (C=O) groups excluding carboxylic acids is 1. The van der Waals surface area contributed by atoms with Gasteiger partial charge in [0.2, 0.25) is 0 Å². The minimum Gasteiger partial charge on any atom is -0.361 e. The molecule has 1 aliphatic rings. The van der Waals surface area contributed by atoms with Crippen LogP contribution in [0.1, 0.15) is 6.42 Å². The Morgan fingerprint density at radius 1 is 1.38 bits per heavy atom. The predicted molar refractivity (Wildman–Crippen MR) is 124 cm³/mol. The quantitative estimate of drug-likeness (QED) is 0.413. The smallest absolute Gasteiger partial charge is 0.320 e. The standard InChI is InChI=1S/C18H30N6O2Si.2ClH/c1-27(2,3)9-8-26-13-24-7-5-15-17(24)20-12-16(22-15)23-18(25)21-11-14-4-6-19-10-14;;/h5,7,12,14,19H,4,6,8-11,13H2,1-3H3,(H2,21,22,23,25);2*1H. The topological polar surface area (TPSA) is 93.1 Å². The molecule has 0 radical (unpaired) electrons. The summed E-state index contributed by atoms with van der Waals surface area (Å²) in [4.78, 5) is 20.9. The van der Waals surface area contributed by atoms with E-state index < -0.39 is 8.07 Å². The van der Waals surface area contributed by atoms with Gasteiger partial charge in [-0.05, 0) is 37.5 Å². The molecule has 3 rings (SSSR count). The second-order valence-corrected chi connectivity index (χ2v) is 13.9. The van der Waals surface area contributed by atoms with Crippen LogP contribution in [0, 0.1) is 5.92 Å². The molecule has 1 fully saturated rings. The second-order valence-electron chi connectivity index (χ2n) is 8.29. The molecule has 0 aromatic carbocycles. The molecule has 3 N–H and O–H groups in total. The van der Waals surface area contributed by atoms with E-state index in [-0.39, 0.29) is 30.8 Å². The summed E-state index contributed by atoms with van der Waals surface area (Å²) in [6.07, 6.45) is 4.59. The van der Waals surface area contributed by atoms with Gasteiger partial charge in [0.25, 0.3) is 0 Å². The lowest BCUT2D eigenvalue weighted by Gasteiger charge is -2.15. The third-order valence-electron chi connectivity index (χ3n) is 4.65. The van der Waals surface area contributed by atoms with Crippen molar-refractivity contribution < 1.29 is 9.53 Å². The Bertz CT molecular complexity index is 777. The SMILES string of the molecule is C[Si](C)(C)CCOCn1ccc2nc(NC(=O)NCC3CCNC3)cnc21.Cl.Cl. The summed E-state index contributed by atoms with van der Waals surface area (Å²) >= 11 is 0. The highest BCUT2D eigenvalue weighted by Gasteiger charge is 2.16. The molecule has 1 unspecified atom stereocenters. The third-order valence-corrected chi connectivity index (χ3v) is 6.35. The summed E-state index contributed by atoms with van der Waals surface area (Å²) in [5.74, 6) is 0.946. The van der Waals surface area contributed by atoms with E-state index in [2.05, 4.69) is 45.6 Å². The molecule has 29 heavy (non-hydrogen) atoms. The predicted octanol–water partition coefficient (Wildman–Crippen LogP) is 3.32. The van der Waals surface area contributed by atoms with E-state index in [9.17, 15) is 4.79 Å². The van der Waals surface area contributed by atoms with Crippen LogP contribution in [0.3, 0.4) is 0 Å². The molecule has 2 aromatic rings. The number of amides is 2. The van der Waals surface area contributed by atoms with E-state index in [0.29, 0.717) is 25.0 Å². The normalized spacial score (nSPS) is 16.2. The van der Waals surface area contributed by atoms with Crippen molar-refractivity contribution in [1.29, 1.82) is 0 Å². The van der Waals surface area contributed by atoms with Gasteiger partial charge in [-0.25, -0.2) is 14.8 Å². The van der Waals surface area contributed by atoms with Gasteiger partial charge in [0.15, 0.2) is 11.5 Å². The first-order valence-corrected chi connectivity index (χ1v) is 13.3. The van der Waals surface area contributed by atoms with Crippen LogP contribution in [-0.4, -0.2) is 54.9 Å². The molecule has 11 heteroatoms. The number of urea groups is 1. The van der Waals surface area contributed by atoms with Crippen LogP contribution >= 0.6 is 24.8 Å².